The van der Waals surface area contributed by atoms with E-state index in [0.717, 1.165) is 0 Å². The number of aliphatic hydroxyl groups is 1. The van der Waals surface area contributed by atoms with Gasteiger partial charge in [-0.3, -0.25) is 9.59 Å². The lowest BCUT2D eigenvalue weighted by Crippen LogP contribution is -2.45. The van der Waals surface area contributed by atoms with Gasteiger partial charge in [-0.25, -0.2) is 0 Å². The summed E-state index contributed by atoms with van der Waals surface area (Å²) in [7, 11) is 0. The molecule has 2 atom stereocenters. The summed E-state index contributed by atoms with van der Waals surface area (Å²) in [6.45, 7) is 0.423. The number of para-hydroxylation sites is 1. The average Bonchev–Trinajstić information content (AvgIpc) is 2.66. The number of nitrogens with one attached hydrogen (secondary N) is 1. The first kappa shape index (κ1) is 10.3. The van der Waals surface area contributed by atoms with E-state index in [0.29, 0.717) is 24.2 Å². The molecule has 1 aromatic carbocycles. The van der Waals surface area contributed by atoms with Crippen molar-refractivity contribution in [1.82, 2.24) is 4.90 Å². The van der Waals surface area contributed by atoms with Gasteiger partial charge in [-0.15, -0.1) is 0 Å². The van der Waals surface area contributed by atoms with E-state index < -0.39 is 12.1 Å². The third-order valence-corrected chi connectivity index (χ3v) is 3.31. The Morgan fingerprint density at radius 2 is 2.06 bits per heavy atom. The smallest absolute Gasteiger partial charge is 0.256 e. The fourth-order valence-electron chi connectivity index (χ4n) is 2.46. The van der Waals surface area contributed by atoms with Crippen molar-refractivity contribution in [2.24, 2.45) is 0 Å². The molecule has 0 radical (unpaired) electrons. The Morgan fingerprint density at radius 1 is 1.29 bits per heavy atom. The molecule has 2 amide bonds. The van der Waals surface area contributed by atoms with Crippen molar-refractivity contribution in [3.05, 3.63) is 29.8 Å². The minimum absolute atomic E-state index is 0.194. The summed E-state index contributed by atoms with van der Waals surface area (Å²) in [6, 6.07) is 6.15. The van der Waals surface area contributed by atoms with E-state index in [2.05, 4.69) is 5.32 Å². The first-order chi connectivity index (χ1) is 8.18. The maximum atomic E-state index is 12.2. The molecule has 17 heavy (non-hydrogen) atoms. The SMILES string of the molecule is O=C1Nc2ccccc2C(=O)N2CCC(O)C12. The number of aliphatic hydroxyl groups excluding tert-OH is 1. The molecule has 5 nitrogen and oxygen atoms in total. The van der Waals surface area contributed by atoms with E-state index in [1.807, 2.05) is 0 Å². The minimum atomic E-state index is -0.770. The zero-order valence-electron chi connectivity index (χ0n) is 9.09. The van der Waals surface area contributed by atoms with Crippen LogP contribution in [0, 0.1) is 0 Å². The van der Waals surface area contributed by atoms with Crippen LogP contribution >= 0.6 is 0 Å². The van der Waals surface area contributed by atoms with Crippen molar-refractivity contribution in [1.29, 1.82) is 0 Å². The van der Waals surface area contributed by atoms with E-state index in [4.69, 9.17) is 0 Å². The minimum Gasteiger partial charge on any atom is -0.390 e. The van der Waals surface area contributed by atoms with Crippen LogP contribution < -0.4 is 5.32 Å². The van der Waals surface area contributed by atoms with Crippen LogP contribution in [0.15, 0.2) is 24.3 Å². The predicted octanol–water partition coefficient (Wildman–Crippen LogP) is 0.214. The predicted molar refractivity (Wildman–Crippen MR) is 60.5 cm³/mol. The first-order valence-corrected chi connectivity index (χ1v) is 5.57. The summed E-state index contributed by atoms with van der Waals surface area (Å²) < 4.78 is 0. The number of nitrogens with zero attached hydrogens (tertiary/aromatic N) is 1. The molecular formula is C12H12N2O3. The molecule has 2 aliphatic heterocycles. The van der Waals surface area contributed by atoms with E-state index in [1.54, 1.807) is 24.3 Å². The van der Waals surface area contributed by atoms with Crippen LogP contribution in [0.3, 0.4) is 0 Å². The summed E-state index contributed by atoms with van der Waals surface area (Å²) >= 11 is 0. The lowest BCUT2D eigenvalue weighted by atomic mass is 10.1. The molecule has 0 spiro atoms. The standard InChI is InChI=1S/C12H12N2O3/c15-9-5-6-14-10(9)11(16)13-8-4-2-1-3-7(8)12(14)17/h1-4,9-10,15H,5-6H2,(H,13,16). The number of anilines is 1. The Hall–Kier alpha value is -1.88. The number of hydrogen-bond donors (Lipinski definition) is 2. The highest BCUT2D eigenvalue weighted by atomic mass is 16.3. The van der Waals surface area contributed by atoms with E-state index in [-0.39, 0.29) is 11.8 Å². The Kier molecular flexibility index (Phi) is 2.16. The van der Waals surface area contributed by atoms with Crippen LogP contribution in [0.4, 0.5) is 5.69 Å². The number of rotatable bonds is 0. The van der Waals surface area contributed by atoms with Crippen LogP contribution in [0.2, 0.25) is 0 Å². The summed E-state index contributed by atoms with van der Waals surface area (Å²) in [5.74, 6) is -0.506. The van der Waals surface area contributed by atoms with Crippen molar-refractivity contribution in [2.45, 2.75) is 18.6 Å². The number of carbonyl (C=O) groups excluding carboxylic acids is 2. The van der Waals surface area contributed by atoms with Crippen LogP contribution in [0.1, 0.15) is 16.8 Å². The lowest BCUT2D eigenvalue weighted by molar-refractivity contribution is -0.121. The van der Waals surface area contributed by atoms with Crippen molar-refractivity contribution >= 4 is 17.5 Å². The normalized spacial score (nSPS) is 27.2. The molecule has 2 N–H and O–H groups in total. The molecule has 0 aliphatic carbocycles. The highest BCUT2D eigenvalue weighted by Gasteiger charge is 2.43. The van der Waals surface area contributed by atoms with E-state index >= 15 is 0 Å². The Bertz CT molecular complexity index is 500. The van der Waals surface area contributed by atoms with Crippen molar-refractivity contribution in [3.63, 3.8) is 0 Å². The highest BCUT2D eigenvalue weighted by molar-refractivity contribution is 6.10. The summed E-state index contributed by atoms with van der Waals surface area (Å²) in [5, 5.41) is 12.5. The summed E-state index contributed by atoms with van der Waals surface area (Å²) in [5.41, 5.74) is 1.00. The van der Waals surface area contributed by atoms with Gasteiger partial charge in [-0.2, -0.15) is 0 Å². The molecule has 2 aliphatic rings. The second-order valence-corrected chi connectivity index (χ2v) is 4.33. The monoisotopic (exact) mass is 232 g/mol. The van der Waals surface area contributed by atoms with Gasteiger partial charge >= 0.3 is 0 Å². The highest BCUT2D eigenvalue weighted by Crippen LogP contribution is 2.28. The molecule has 3 rings (SSSR count). The van der Waals surface area contributed by atoms with Crippen LogP contribution in [0.25, 0.3) is 0 Å². The Labute approximate surface area is 98.0 Å². The fourth-order valence-corrected chi connectivity index (χ4v) is 2.46. The second kappa shape index (κ2) is 3.56. The van der Waals surface area contributed by atoms with Crippen LogP contribution in [-0.2, 0) is 4.79 Å². The van der Waals surface area contributed by atoms with Gasteiger partial charge in [0.15, 0.2) is 0 Å². The van der Waals surface area contributed by atoms with Gasteiger partial charge in [0, 0.05) is 6.54 Å². The molecule has 0 saturated carbocycles. The average molecular weight is 232 g/mol. The fraction of sp³-hybridized carbons (Fsp3) is 0.333. The van der Waals surface area contributed by atoms with E-state index in [9.17, 15) is 14.7 Å². The van der Waals surface area contributed by atoms with Gasteiger partial charge in [0.25, 0.3) is 5.91 Å². The Balaban J connectivity index is 2.10. The lowest BCUT2D eigenvalue weighted by Gasteiger charge is -2.21. The van der Waals surface area contributed by atoms with Crippen LogP contribution in [-0.4, -0.2) is 40.5 Å². The van der Waals surface area contributed by atoms with Crippen LogP contribution in [0.5, 0.6) is 0 Å². The maximum Gasteiger partial charge on any atom is 0.256 e. The van der Waals surface area contributed by atoms with Gasteiger partial charge < -0.3 is 15.3 Å². The third-order valence-electron chi connectivity index (χ3n) is 3.31. The molecule has 1 aromatic rings. The molecule has 0 bridgehead atoms. The van der Waals surface area contributed by atoms with Gasteiger partial charge in [-0.1, -0.05) is 12.1 Å². The summed E-state index contributed by atoms with van der Waals surface area (Å²) in [6.07, 6.45) is -0.320. The number of amides is 2. The largest absolute Gasteiger partial charge is 0.390 e. The first-order valence-electron chi connectivity index (χ1n) is 5.57. The third kappa shape index (κ3) is 1.43. The van der Waals surface area contributed by atoms with E-state index in [1.165, 1.54) is 4.90 Å². The zero-order valence-corrected chi connectivity index (χ0v) is 9.09. The van der Waals surface area contributed by atoms with Crippen molar-refractivity contribution in [3.8, 4) is 0 Å². The number of fused-ring (bicyclic) bond motifs is 2. The number of hydrogen-bond acceptors (Lipinski definition) is 3. The second-order valence-electron chi connectivity index (χ2n) is 4.33. The molecule has 2 unspecified atom stereocenters. The number of carbonyl (C=O) groups is 2. The molecule has 88 valence electrons. The molecule has 0 aromatic heterocycles. The molecule has 1 fully saturated rings. The molecular weight excluding hydrogens is 220 g/mol. The molecule has 2 heterocycles. The summed E-state index contributed by atoms with van der Waals surface area (Å²) in [4.78, 5) is 25.6. The maximum absolute atomic E-state index is 12.2. The topological polar surface area (TPSA) is 69.6 Å². The van der Waals surface area contributed by atoms with Crippen molar-refractivity contribution < 1.29 is 14.7 Å². The van der Waals surface area contributed by atoms with Gasteiger partial charge in [-0.05, 0) is 18.6 Å². The van der Waals surface area contributed by atoms with Gasteiger partial charge in [0.05, 0.1) is 17.4 Å². The van der Waals surface area contributed by atoms with Gasteiger partial charge in [0.2, 0.25) is 5.91 Å². The quantitative estimate of drug-likeness (QED) is 0.672. The van der Waals surface area contributed by atoms with Crippen molar-refractivity contribution in [2.75, 3.05) is 11.9 Å². The number of benzene rings is 1. The molecule has 1 saturated heterocycles. The Morgan fingerprint density at radius 3 is 2.88 bits per heavy atom. The zero-order chi connectivity index (χ0) is 12.0. The van der Waals surface area contributed by atoms with Gasteiger partial charge in [0.1, 0.15) is 6.04 Å². The molecule has 5 heteroatoms.